The molecule has 0 unspecified atom stereocenters. The number of hydrogen-bond donors (Lipinski definition) is 2. The number of carbonyl (C=O) groups is 2. The number of hydrogen-bond acceptors (Lipinski definition) is 4. The van der Waals surface area contributed by atoms with Crippen LogP contribution in [0.3, 0.4) is 0 Å². The Hall–Kier alpha value is -4.78. The molecule has 0 aliphatic rings. The lowest BCUT2D eigenvalue weighted by molar-refractivity contribution is -0.114. The molecule has 2 heterocycles. The molecule has 0 bridgehead atoms. The maximum atomic E-state index is 13.4. The van der Waals surface area contributed by atoms with E-state index in [1.807, 2.05) is 41.9 Å². The smallest absolute Gasteiger partial charge is 0.256 e. The van der Waals surface area contributed by atoms with Crippen LogP contribution in [0.1, 0.15) is 35.5 Å². The van der Waals surface area contributed by atoms with E-state index in [-0.39, 0.29) is 11.8 Å². The fourth-order valence-electron chi connectivity index (χ4n) is 4.33. The van der Waals surface area contributed by atoms with Gasteiger partial charge >= 0.3 is 0 Å². The molecule has 0 fully saturated rings. The molecule has 0 atom stereocenters. The molecule has 2 aromatic heterocycles. The quantitative estimate of drug-likeness (QED) is 0.299. The second-order valence-electron chi connectivity index (χ2n) is 8.86. The predicted molar refractivity (Wildman–Crippen MR) is 147 cm³/mol. The maximum Gasteiger partial charge on any atom is 0.256 e. The Morgan fingerprint density at radius 3 is 2.24 bits per heavy atom. The van der Waals surface area contributed by atoms with Crippen molar-refractivity contribution in [1.82, 2.24) is 14.8 Å². The zero-order chi connectivity index (χ0) is 25.9. The van der Waals surface area contributed by atoms with Crippen molar-refractivity contribution in [1.29, 1.82) is 0 Å². The lowest BCUT2D eigenvalue weighted by Crippen LogP contribution is -2.13. The van der Waals surface area contributed by atoms with E-state index >= 15 is 0 Å². The minimum Gasteiger partial charge on any atom is -0.326 e. The lowest BCUT2D eigenvalue weighted by atomic mass is 10.0. The van der Waals surface area contributed by atoms with Crippen LogP contribution in [-0.2, 0) is 11.2 Å². The van der Waals surface area contributed by atoms with Gasteiger partial charge in [0, 0.05) is 29.2 Å². The summed E-state index contributed by atoms with van der Waals surface area (Å²) in [7, 11) is 0. The zero-order valence-electron chi connectivity index (χ0n) is 20.9. The molecule has 7 nitrogen and oxygen atoms in total. The van der Waals surface area contributed by atoms with Crippen molar-refractivity contribution in [2.45, 2.75) is 27.2 Å². The molecule has 5 rings (SSSR count). The number of benzene rings is 3. The van der Waals surface area contributed by atoms with E-state index in [4.69, 9.17) is 4.98 Å². The minimum absolute atomic E-state index is 0.149. The van der Waals surface area contributed by atoms with Crippen molar-refractivity contribution in [3.63, 3.8) is 0 Å². The van der Waals surface area contributed by atoms with E-state index in [1.54, 1.807) is 30.5 Å². The van der Waals surface area contributed by atoms with Crippen LogP contribution in [0.25, 0.3) is 27.8 Å². The van der Waals surface area contributed by atoms with Crippen LogP contribution in [0.2, 0.25) is 0 Å². The van der Waals surface area contributed by atoms with Crippen LogP contribution in [0, 0.1) is 6.92 Å². The zero-order valence-corrected chi connectivity index (χ0v) is 20.9. The Bertz CT molecular complexity index is 1600. The molecule has 0 aliphatic heterocycles. The van der Waals surface area contributed by atoms with Crippen LogP contribution < -0.4 is 10.6 Å². The molecule has 0 spiro atoms. The number of amides is 2. The van der Waals surface area contributed by atoms with Crippen molar-refractivity contribution < 1.29 is 9.59 Å². The number of pyridine rings is 1. The van der Waals surface area contributed by atoms with Gasteiger partial charge in [0.05, 0.1) is 34.4 Å². The minimum atomic E-state index is -0.243. The number of anilines is 2. The monoisotopic (exact) mass is 489 g/mol. The Kier molecular flexibility index (Phi) is 6.51. The molecule has 3 aromatic carbocycles. The largest absolute Gasteiger partial charge is 0.326 e. The van der Waals surface area contributed by atoms with Crippen LogP contribution in [0.15, 0.2) is 85.1 Å². The number of carbonyl (C=O) groups excluding carboxylic acids is 2. The molecular weight excluding hydrogens is 462 g/mol. The van der Waals surface area contributed by atoms with Gasteiger partial charge in [-0.2, -0.15) is 5.10 Å². The highest BCUT2D eigenvalue weighted by atomic mass is 16.2. The van der Waals surface area contributed by atoms with Crippen LogP contribution >= 0.6 is 0 Å². The molecule has 0 saturated carbocycles. The molecule has 0 saturated heterocycles. The number of nitrogens with one attached hydrogen (secondary N) is 2. The standard InChI is InChI=1S/C30H27N5O2/c1-4-21-9-15-24(16-10-21)35-19(2)27(18-31-35)29-17-26(25-7-5-6-8-28(25)34-29)30(37)33-23-13-11-22(12-14-23)32-20(3)36/h5-18H,4H2,1-3H3,(H,32,36)(H,33,37). The molecule has 2 N–H and O–H groups in total. The first kappa shape index (κ1) is 23.9. The highest BCUT2D eigenvalue weighted by Gasteiger charge is 2.17. The van der Waals surface area contributed by atoms with E-state index in [2.05, 4.69) is 46.9 Å². The highest BCUT2D eigenvalue weighted by molar-refractivity contribution is 6.13. The first-order valence-corrected chi connectivity index (χ1v) is 12.2. The SMILES string of the molecule is CCc1ccc(-n2ncc(-c3cc(C(=O)Nc4ccc(NC(C)=O)cc4)c4ccccc4n3)c2C)cc1. The summed E-state index contributed by atoms with van der Waals surface area (Å²) < 4.78 is 1.89. The first-order chi connectivity index (χ1) is 17.9. The summed E-state index contributed by atoms with van der Waals surface area (Å²) in [5.74, 6) is -0.392. The number of rotatable bonds is 6. The van der Waals surface area contributed by atoms with Gasteiger partial charge in [0.1, 0.15) is 0 Å². The van der Waals surface area contributed by atoms with Gasteiger partial charge in [-0.05, 0) is 67.4 Å². The van der Waals surface area contributed by atoms with Gasteiger partial charge in [-0.15, -0.1) is 0 Å². The Morgan fingerprint density at radius 1 is 0.892 bits per heavy atom. The topological polar surface area (TPSA) is 88.9 Å². The van der Waals surface area contributed by atoms with Crippen molar-refractivity contribution in [3.8, 4) is 16.9 Å². The Labute approximate surface area is 215 Å². The van der Waals surface area contributed by atoms with Gasteiger partial charge in [0.15, 0.2) is 0 Å². The van der Waals surface area contributed by atoms with E-state index in [1.165, 1.54) is 12.5 Å². The normalized spacial score (nSPS) is 10.9. The van der Waals surface area contributed by atoms with Gasteiger partial charge in [0.2, 0.25) is 5.91 Å². The fraction of sp³-hybridized carbons (Fsp3) is 0.133. The number of aryl methyl sites for hydroxylation is 1. The Morgan fingerprint density at radius 2 is 1.57 bits per heavy atom. The second-order valence-corrected chi connectivity index (χ2v) is 8.86. The van der Waals surface area contributed by atoms with Crippen molar-refractivity contribution in [2.24, 2.45) is 0 Å². The van der Waals surface area contributed by atoms with Crippen molar-refractivity contribution in [2.75, 3.05) is 10.6 Å². The summed E-state index contributed by atoms with van der Waals surface area (Å²) >= 11 is 0. The van der Waals surface area contributed by atoms with E-state index < -0.39 is 0 Å². The summed E-state index contributed by atoms with van der Waals surface area (Å²) in [5.41, 5.74) is 7.26. The van der Waals surface area contributed by atoms with Crippen molar-refractivity contribution in [3.05, 3.63) is 102 Å². The Balaban J connectivity index is 1.50. The van der Waals surface area contributed by atoms with Gasteiger partial charge in [0.25, 0.3) is 5.91 Å². The highest BCUT2D eigenvalue weighted by Crippen LogP contribution is 2.29. The average molecular weight is 490 g/mol. The lowest BCUT2D eigenvalue weighted by Gasteiger charge is -2.11. The molecular formula is C30H27N5O2. The summed E-state index contributed by atoms with van der Waals surface area (Å²) in [6, 6.07) is 24.8. The molecule has 37 heavy (non-hydrogen) atoms. The summed E-state index contributed by atoms with van der Waals surface area (Å²) in [6.07, 6.45) is 2.78. The van der Waals surface area contributed by atoms with E-state index in [0.717, 1.165) is 34.3 Å². The summed E-state index contributed by atoms with van der Waals surface area (Å²) in [6.45, 7) is 5.59. The van der Waals surface area contributed by atoms with Gasteiger partial charge < -0.3 is 10.6 Å². The predicted octanol–water partition coefficient (Wildman–Crippen LogP) is 6.17. The first-order valence-electron chi connectivity index (χ1n) is 12.2. The number of nitrogens with zero attached hydrogens (tertiary/aromatic N) is 3. The van der Waals surface area contributed by atoms with Crippen molar-refractivity contribution >= 4 is 34.1 Å². The van der Waals surface area contributed by atoms with Crippen LogP contribution in [-0.4, -0.2) is 26.6 Å². The molecule has 0 radical (unpaired) electrons. The number of para-hydroxylation sites is 1. The molecule has 5 aromatic rings. The van der Waals surface area contributed by atoms with Gasteiger partial charge in [-0.3, -0.25) is 9.59 Å². The molecule has 2 amide bonds. The summed E-state index contributed by atoms with van der Waals surface area (Å²) in [4.78, 5) is 29.5. The number of fused-ring (bicyclic) bond motifs is 1. The fourth-order valence-corrected chi connectivity index (χ4v) is 4.33. The maximum absolute atomic E-state index is 13.4. The van der Waals surface area contributed by atoms with Crippen LogP contribution in [0.4, 0.5) is 11.4 Å². The third-order valence-corrected chi connectivity index (χ3v) is 6.30. The second kappa shape index (κ2) is 10.1. The van der Waals surface area contributed by atoms with E-state index in [9.17, 15) is 9.59 Å². The third-order valence-electron chi connectivity index (χ3n) is 6.30. The van der Waals surface area contributed by atoms with E-state index in [0.29, 0.717) is 22.6 Å². The molecule has 184 valence electrons. The van der Waals surface area contributed by atoms with Gasteiger partial charge in [-0.25, -0.2) is 9.67 Å². The summed E-state index contributed by atoms with van der Waals surface area (Å²) in [5, 5.41) is 11.1. The molecule has 7 heteroatoms. The van der Waals surface area contributed by atoms with Crippen LogP contribution in [0.5, 0.6) is 0 Å². The number of aromatic nitrogens is 3. The third kappa shape index (κ3) is 4.97. The molecule has 0 aliphatic carbocycles. The van der Waals surface area contributed by atoms with Gasteiger partial charge in [-0.1, -0.05) is 37.3 Å². The average Bonchev–Trinajstić information content (AvgIpc) is 3.30.